The number of carboxylic acid groups (broad SMARTS) is 2. The van der Waals surface area contributed by atoms with Crippen LogP contribution in [-0.4, -0.2) is 35.2 Å². The van der Waals surface area contributed by atoms with Crippen molar-refractivity contribution in [2.45, 2.75) is 142 Å². The van der Waals surface area contributed by atoms with E-state index in [1.807, 2.05) is 0 Å². The highest BCUT2D eigenvalue weighted by Gasteiger charge is 2.04. The highest BCUT2D eigenvalue weighted by molar-refractivity contribution is 5.91. The van der Waals surface area contributed by atoms with Crippen molar-refractivity contribution in [2.24, 2.45) is 11.5 Å². The molecule has 6 nitrogen and oxygen atoms in total. The summed E-state index contributed by atoms with van der Waals surface area (Å²) in [5, 5.41) is 16.9. The molecule has 0 aliphatic heterocycles. The first-order valence-corrected chi connectivity index (χ1v) is 15.4. The third-order valence-corrected chi connectivity index (χ3v) is 6.49. The third kappa shape index (κ3) is 28.6. The fraction of sp³-hybridized carbons (Fsp3) is 0.750. The molecule has 0 saturated carbocycles. The van der Waals surface area contributed by atoms with Gasteiger partial charge in [0.25, 0.3) is 0 Å². The van der Waals surface area contributed by atoms with E-state index < -0.39 is 11.9 Å². The second kappa shape index (κ2) is 31.3. The second-order valence-corrected chi connectivity index (χ2v) is 10.1. The summed E-state index contributed by atoms with van der Waals surface area (Å²) in [5.41, 5.74) is 11.0. The summed E-state index contributed by atoms with van der Waals surface area (Å²) in [6.07, 6.45) is 27.9. The smallest absolute Gasteiger partial charge is 0.335 e. The van der Waals surface area contributed by atoms with Gasteiger partial charge < -0.3 is 21.7 Å². The van der Waals surface area contributed by atoms with Gasteiger partial charge in [0, 0.05) is 0 Å². The van der Waals surface area contributed by atoms with E-state index in [-0.39, 0.29) is 11.1 Å². The number of unbranched alkanes of at least 4 members (excludes halogenated alkanes) is 18. The zero-order valence-electron chi connectivity index (χ0n) is 24.7. The molecule has 1 rings (SSSR count). The summed E-state index contributed by atoms with van der Waals surface area (Å²) in [5.74, 6) is -2.13. The highest BCUT2D eigenvalue weighted by atomic mass is 16.4. The zero-order chi connectivity index (χ0) is 28.7. The fourth-order valence-corrected chi connectivity index (χ4v) is 4.02. The second-order valence-electron chi connectivity index (χ2n) is 10.1. The monoisotopic (exact) mass is 536 g/mol. The maximum atomic E-state index is 10.3. The minimum atomic E-state index is -1.06. The molecule has 0 spiro atoms. The Morgan fingerprint density at radius 3 is 0.868 bits per heavy atom. The quantitative estimate of drug-likeness (QED) is 0.110. The van der Waals surface area contributed by atoms with Gasteiger partial charge in [0.2, 0.25) is 0 Å². The Kier molecular flexibility index (Phi) is 31.5. The number of aromatic carboxylic acids is 2. The van der Waals surface area contributed by atoms with Crippen molar-refractivity contribution < 1.29 is 19.8 Å². The number of nitrogens with two attached hydrogens (primary N) is 2. The summed E-state index contributed by atoms with van der Waals surface area (Å²) < 4.78 is 0. The first kappa shape index (κ1) is 38.2. The Bertz CT molecular complexity index is 560. The summed E-state index contributed by atoms with van der Waals surface area (Å²) in [6, 6.07) is 5.02. The Hall–Kier alpha value is -1.92. The van der Waals surface area contributed by atoms with Crippen LogP contribution < -0.4 is 11.5 Å². The lowest BCUT2D eigenvalue weighted by molar-refractivity contribution is 0.0681. The van der Waals surface area contributed by atoms with E-state index >= 15 is 0 Å². The van der Waals surface area contributed by atoms with E-state index in [0.717, 1.165) is 13.1 Å². The van der Waals surface area contributed by atoms with Gasteiger partial charge in [0.05, 0.1) is 11.1 Å². The predicted molar refractivity (Wildman–Crippen MR) is 162 cm³/mol. The Morgan fingerprint density at radius 2 is 0.684 bits per heavy atom. The van der Waals surface area contributed by atoms with Crippen LogP contribution in [0, 0.1) is 0 Å². The Morgan fingerprint density at radius 1 is 0.474 bits per heavy atom. The molecule has 6 heteroatoms. The maximum absolute atomic E-state index is 10.3. The van der Waals surface area contributed by atoms with Crippen LogP contribution >= 0.6 is 0 Å². The zero-order valence-corrected chi connectivity index (χ0v) is 24.7. The van der Waals surface area contributed by atoms with Crippen LogP contribution in [0.3, 0.4) is 0 Å². The molecule has 0 amide bonds. The van der Waals surface area contributed by atoms with Gasteiger partial charge in [-0.1, -0.05) is 129 Å². The molecule has 1 aromatic rings. The number of hydrogen-bond acceptors (Lipinski definition) is 4. The summed E-state index contributed by atoms with van der Waals surface area (Å²) in [4.78, 5) is 20.7. The maximum Gasteiger partial charge on any atom is 0.335 e. The average molecular weight is 537 g/mol. The summed E-state index contributed by atoms with van der Waals surface area (Å²) >= 11 is 0. The lowest BCUT2D eigenvalue weighted by Gasteiger charge is -2.00. The minimum absolute atomic E-state index is 0.0833. The van der Waals surface area contributed by atoms with E-state index in [2.05, 4.69) is 13.8 Å². The number of carboxylic acids is 2. The third-order valence-electron chi connectivity index (χ3n) is 6.49. The van der Waals surface area contributed by atoms with Crippen molar-refractivity contribution in [1.82, 2.24) is 0 Å². The molecular weight excluding hydrogens is 476 g/mol. The van der Waals surface area contributed by atoms with Crippen LogP contribution in [-0.2, 0) is 0 Å². The van der Waals surface area contributed by atoms with Crippen LogP contribution in [0.4, 0.5) is 0 Å². The Balaban J connectivity index is 0. The minimum Gasteiger partial charge on any atom is -0.478 e. The first-order valence-electron chi connectivity index (χ1n) is 15.4. The van der Waals surface area contributed by atoms with Crippen molar-refractivity contribution in [3.8, 4) is 0 Å². The van der Waals surface area contributed by atoms with Gasteiger partial charge >= 0.3 is 11.9 Å². The van der Waals surface area contributed by atoms with Crippen LogP contribution in [0.1, 0.15) is 163 Å². The standard InChI is InChI=1S/2C12H27N.C8H6O4/c2*1-2-3-4-5-6-7-8-9-10-11-12-13;9-7(10)5-1-2-6(4-3-5)8(11)12/h2*2-13H2,1H3;1-4H,(H,9,10)(H,11,12). The van der Waals surface area contributed by atoms with Crippen LogP contribution in [0.2, 0.25) is 0 Å². The van der Waals surface area contributed by atoms with Gasteiger partial charge in [-0.3, -0.25) is 0 Å². The van der Waals surface area contributed by atoms with E-state index in [9.17, 15) is 9.59 Å². The molecule has 1 aromatic carbocycles. The molecule has 0 aliphatic rings. The van der Waals surface area contributed by atoms with E-state index in [1.54, 1.807) is 0 Å². The number of hydrogen-bond donors (Lipinski definition) is 4. The van der Waals surface area contributed by atoms with Crippen LogP contribution in [0.5, 0.6) is 0 Å². The molecule has 222 valence electrons. The summed E-state index contributed by atoms with van der Waals surface area (Å²) in [7, 11) is 0. The van der Waals surface area contributed by atoms with Crippen molar-refractivity contribution in [2.75, 3.05) is 13.1 Å². The van der Waals surface area contributed by atoms with Gasteiger partial charge in [-0.25, -0.2) is 9.59 Å². The first-order chi connectivity index (χ1) is 18.4. The van der Waals surface area contributed by atoms with Gasteiger partial charge in [-0.2, -0.15) is 0 Å². The number of rotatable bonds is 22. The van der Waals surface area contributed by atoms with Crippen LogP contribution in [0.15, 0.2) is 24.3 Å². The fourth-order valence-electron chi connectivity index (χ4n) is 4.02. The molecule has 0 saturated heterocycles. The van der Waals surface area contributed by atoms with E-state index in [4.69, 9.17) is 21.7 Å². The molecule has 0 aliphatic carbocycles. The van der Waals surface area contributed by atoms with E-state index in [1.165, 1.54) is 153 Å². The van der Waals surface area contributed by atoms with Gasteiger partial charge in [-0.05, 0) is 50.2 Å². The van der Waals surface area contributed by atoms with E-state index in [0.29, 0.717) is 0 Å². The normalized spacial score (nSPS) is 10.2. The lowest BCUT2D eigenvalue weighted by atomic mass is 10.1. The number of benzene rings is 1. The highest BCUT2D eigenvalue weighted by Crippen LogP contribution is 2.11. The van der Waals surface area contributed by atoms with Gasteiger partial charge in [0.1, 0.15) is 0 Å². The molecule has 0 atom stereocenters. The largest absolute Gasteiger partial charge is 0.478 e. The lowest BCUT2D eigenvalue weighted by Crippen LogP contribution is -1.99. The summed E-state index contributed by atoms with van der Waals surface area (Å²) in [6.45, 7) is 6.28. The number of carbonyl (C=O) groups is 2. The molecule has 0 heterocycles. The molecule has 6 N–H and O–H groups in total. The average Bonchev–Trinajstić information content (AvgIpc) is 2.92. The molecular formula is C32H60N2O4. The van der Waals surface area contributed by atoms with Crippen molar-refractivity contribution in [3.63, 3.8) is 0 Å². The topological polar surface area (TPSA) is 127 Å². The molecule has 0 unspecified atom stereocenters. The predicted octanol–water partition coefficient (Wildman–Crippen LogP) is 8.82. The van der Waals surface area contributed by atoms with Crippen molar-refractivity contribution in [1.29, 1.82) is 0 Å². The molecule has 0 radical (unpaired) electrons. The SMILES string of the molecule is CCCCCCCCCCCCN.CCCCCCCCCCCCN.O=C(O)c1ccc(C(=O)O)cc1. The molecule has 0 bridgehead atoms. The molecule has 38 heavy (non-hydrogen) atoms. The van der Waals surface area contributed by atoms with Gasteiger partial charge in [-0.15, -0.1) is 0 Å². The van der Waals surface area contributed by atoms with Crippen molar-refractivity contribution in [3.05, 3.63) is 35.4 Å². The Labute approximate surface area is 234 Å². The van der Waals surface area contributed by atoms with Gasteiger partial charge in [0.15, 0.2) is 0 Å². The van der Waals surface area contributed by atoms with Crippen molar-refractivity contribution >= 4 is 11.9 Å². The van der Waals surface area contributed by atoms with Crippen LogP contribution in [0.25, 0.3) is 0 Å². The molecule has 0 aromatic heterocycles. The molecule has 0 fully saturated rings.